The van der Waals surface area contributed by atoms with Gasteiger partial charge in [0.25, 0.3) is 0 Å². The van der Waals surface area contributed by atoms with E-state index in [1.165, 1.54) is 20.3 Å². The van der Waals surface area contributed by atoms with Crippen molar-refractivity contribution < 1.29 is 5.11 Å². The Hall–Kier alpha value is -0.870. The van der Waals surface area contributed by atoms with Crippen LogP contribution in [0, 0.1) is 17.4 Å². The Kier molecular flexibility index (Phi) is 4.40. The number of rotatable bonds is 3. The smallest absolute Gasteiger partial charge is 0.0830 e. The van der Waals surface area contributed by atoms with Crippen molar-refractivity contribution in [2.24, 2.45) is 0 Å². The summed E-state index contributed by atoms with van der Waals surface area (Å²) in [5.41, 5.74) is 4.67. The Labute approximate surface area is 122 Å². The van der Waals surface area contributed by atoms with E-state index in [1.807, 2.05) is 24.3 Å². The fourth-order valence-electron chi connectivity index (χ4n) is 2.21. The third-order valence-corrected chi connectivity index (χ3v) is 3.68. The summed E-state index contributed by atoms with van der Waals surface area (Å²) < 4.78 is 1.19. The molecule has 0 radical (unpaired) electrons. The maximum absolute atomic E-state index is 10.2. The molecule has 0 aliphatic carbocycles. The molecule has 1 atom stereocenters. The molecule has 0 saturated heterocycles. The highest BCUT2D eigenvalue weighted by Gasteiger charge is 2.09. The molecule has 18 heavy (non-hydrogen) atoms. The molecule has 0 aliphatic heterocycles. The van der Waals surface area contributed by atoms with Crippen LogP contribution in [-0.2, 0) is 6.42 Å². The van der Waals surface area contributed by atoms with Crippen LogP contribution in [0.2, 0.25) is 0 Å². The highest BCUT2D eigenvalue weighted by Crippen LogP contribution is 2.20. The number of aliphatic hydroxyl groups is 1. The van der Waals surface area contributed by atoms with Crippen molar-refractivity contribution >= 4 is 22.6 Å². The van der Waals surface area contributed by atoms with Crippen molar-refractivity contribution in [3.63, 3.8) is 0 Å². The lowest BCUT2D eigenvalue weighted by Crippen LogP contribution is -2.02. The van der Waals surface area contributed by atoms with Crippen LogP contribution in [-0.4, -0.2) is 5.11 Å². The molecule has 2 rings (SSSR count). The number of hydrogen-bond donors (Lipinski definition) is 1. The summed E-state index contributed by atoms with van der Waals surface area (Å²) in [7, 11) is 0. The maximum atomic E-state index is 10.2. The molecule has 0 aromatic heterocycles. The quantitative estimate of drug-likeness (QED) is 0.822. The number of halogens is 1. The van der Waals surface area contributed by atoms with Gasteiger partial charge in [0.1, 0.15) is 0 Å². The summed E-state index contributed by atoms with van der Waals surface area (Å²) in [5.74, 6) is 0. The fourth-order valence-corrected chi connectivity index (χ4v) is 2.57. The Bertz CT molecular complexity index is 511. The molecule has 1 N–H and O–H groups in total. The van der Waals surface area contributed by atoms with Gasteiger partial charge in [-0.2, -0.15) is 0 Å². The van der Waals surface area contributed by atoms with Crippen LogP contribution < -0.4 is 0 Å². The molecule has 2 aromatic carbocycles. The molecular weight excluding hydrogens is 335 g/mol. The predicted octanol–water partition coefficient (Wildman–Crippen LogP) is 4.18. The zero-order valence-corrected chi connectivity index (χ0v) is 12.8. The van der Waals surface area contributed by atoms with E-state index in [0.717, 1.165) is 5.56 Å². The summed E-state index contributed by atoms with van der Waals surface area (Å²) in [6, 6.07) is 14.5. The first-order chi connectivity index (χ1) is 8.54. The van der Waals surface area contributed by atoms with Gasteiger partial charge in [0.2, 0.25) is 0 Å². The summed E-state index contributed by atoms with van der Waals surface area (Å²) in [6.07, 6.45) is 0.242. The van der Waals surface area contributed by atoms with Crippen molar-refractivity contribution in [3.05, 3.63) is 68.3 Å². The van der Waals surface area contributed by atoms with Crippen molar-refractivity contribution in [1.29, 1.82) is 0 Å². The normalized spacial score (nSPS) is 12.4. The van der Waals surface area contributed by atoms with Crippen LogP contribution in [0.5, 0.6) is 0 Å². The minimum atomic E-state index is -0.428. The van der Waals surface area contributed by atoms with Crippen molar-refractivity contribution in [1.82, 2.24) is 0 Å². The first-order valence-electron chi connectivity index (χ1n) is 6.05. The fraction of sp³-hybridized carbons (Fsp3) is 0.250. The van der Waals surface area contributed by atoms with Gasteiger partial charge in [0.05, 0.1) is 6.10 Å². The molecule has 0 aliphatic rings. The molecule has 0 spiro atoms. The third-order valence-electron chi connectivity index (χ3n) is 2.97. The zero-order chi connectivity index (χ0) is 13.1. The Morgan fingerprint density at radius 3 is 2.11 bits per heavy atom. The minimum absolute atomic E-state index is 0.428. The topological polar surface area (TPSA) is 20.2 Å². The summed E-state index contributed by atoms with van der Waals surface area (Å²) in [6.45, 7) is 4.18. The third kappa shape index (κ3) is 3.56. The van der Waals surface area contributed by atoms with E-state index < -0.39 is 6.10 Å². The van der Waals surface area contributed by atoms with Crippen LogP contribution in [0.3, 0.4) is 0 Å². The first-order valence-corrected chi connectivity index (χ1v) is 7.13. The standard InChI is InChI=1S/C16H17IO/c1-11-7-12(2)9-13(8-11)10-16(18)14-3-5-15(17)6-4-14/h3-9,16,18H,10H2,1-2H3. The molecular formula is C16H17IO. The highest BCUT2D eigenvalue weighted by atomic mass is 127. The Balaban J connectivity index is 2.15. The van der Waals surface area contributed by atoms with Crippen LogP contribution in [0.25, 0.3) is 0 Å². The second-order valence-corrected chi connectivity index (χ2v) is 6.01. The second-order valence-electron chi connectivity index (χ2n) is 4.77. The van der Waals surface area contributed by atoms with E-state index in [2.05, 4.69) is 54.6 Å². The van der Waals surface area contributed by atoms with Gasteiger partial charge >= 0.3 is 0 Å². The molecule has 0 bridgehead atoms. The number of hydrogen-bond acceptors (Lipinski definition) is 1. The summed E-state index contributed by atoms with van der Waals surface area (Å²) >= 11 is 2.27. The van der Waals surface area contributed by atoms with E-state index in [9.17, 15) is 5.11 Å². The van der Waals surface area contributed by atoms with Crippen LogP contribution in [0.1, 0.15) is 28.4 Å². The minimum Gasteiger partial charge on any atom is -0.388 e. The Morgan fingerprint density at radius 1 is 1.00 bits per heavy atom. The van der Waals surface area contributed by atoms with Gasteiger partial charge in [0, 0.05) is 9.99 Å². The molecule has 94 valence electrons. The number of aryl methyl sites for hydroxylation is 2. The maximum Gasteiger partial charge on any atom is 0.0830 e. The average Bonchev–Trinajstić information content (AvgIpc) is 2.28. The van der Waals surface area contributed by atoms with Gasteiger partial charge in [0.15, 0.2) is 0 Å². The molecule has 1 unspecified atom stereocenters. The van der Waals surface area contributed by atoms with Crippen molar-refractivity contribution in [2.45, 2.75) is 26.4 Å². The van der Waals surface area contributed by atoms with Crippen LogP contribution in [0.4, 0.5) is 0 Å². The van der Waals surface area contributed by atoms with E-state index in [-0.39, 0.29) is 0 Å². The van der Waals surface area contributed by atoms with E-state index in [1.54, 1.807) is 0 Å². The first kappa shape index (κ1) is 13.6. The molecule has 2 heteroatoms. The summed E-state index contributed by atoms with van der Waals surface area (Å²) in [4.78, 5) is 0. The lowest BCUT2D eigenvalue weighted by Gasteiger charge is -2.12. The highest BCUT2D eigenvalue weighted by molar-refractivity contribution is 14.1. The SMILES string of the molecule is Cc1cc(C)cc(CC(O)c2ccc(I)cc2)c1. The predicted molar refractivity (Wildman–Crippen MR) is 83.7 cm³/mol. The van der Waals surface area contributed by atoms with Crippen LogP contribution in [0.15, 0.2) is 42.5 Å². The molecule has 0 fully saturated rings. The van der Waals surface area contributed by atoms with Gasteiger partial charge < -0.3 is 5.11 Å². The lowest BCUT2D eigenvalue weighted by molar-refractivity contribution is 0.178. The lowest BCUT2D eigenvalue weighted by atomic mass is 9.99. The Morgan fingerprint density at radius 2 is 1.56 bits per heavy atom. The molecule has 1 nitrogen and oxygen atoms in total. The van der Waals surface area contributed by atoms with Gasteiger partial charge in [-0.1, -0.05) is 41.5 Å². The van der Waals surface area contributed by atoms with Gasteiger partial charge in [-0.05, 0) is 59.7 Å². The van der Waals surface area contributed by atoms with Crippen LogP contribution >= 0.6 is 22.6 Å². The summed E-state index contributed by atoms with van der Waals surface area (Å²) in [5, 5.41) is 10.2. The second kappa shape index (κ2) is 5.85. The molecule has 0 heterocycles. The van der Waals surface area contributed by atoms with Gasteiger partial charge in [-0.25, -0.2) is 0 Å². The number of aliphatic hydroxyl groups excluding tert-OH is 1. The van der Waals surface area contributed by atoms with Gasteiger partial charge in [-0.3, -0.25) is 0 Å². The molecule has 2 aromatic rings. The average molecular weight is 352 g/mol. The van der Waals surface area contributed by atoms with E-state index >= 15 is 0 Å². The number of benzene rings is 2. The molecule has 0 saturated carbocycles. The van der Waals surface area contributed by atoms with E-state index in [0.29, 0.717) is 6.42 Å². The van der Waals surface area contributed by atoms with Crippen molar-refractivity contribution in [2.75, 3.05) is 0 Å². The van der Waals surface area contributed by atoms with Gasteiger partial charge in [-0.15, -0.1) is 0 Å². The molecule has 0 amide bonds. The monoisotopic (exact) mass is 352 g/mol. The zero-order valence-electron chi connectivity index (χ0n) is 10.7. The van der Waals surface area contributed by atoms with Crippen molar-refractivity contribution in [3.8, 4) is 0 Å². The largest absolute Gasteiger partial charge is 0.388 e. The van der Waals surface area contributed by atoms with E-state index in [4.69, 9.17) is 0 Å².